The summed E-state index contributed by atoms with van der Waals surface area (Å²) in [6, 6.07) is 7.64. The van der Waals surface area contributed by atoms with Gasteiger partial charge in [-0.05, 0) is 38.3 Å². The quantitative estimate of drug-likeness (QED) is 0.844. The summed E-state index contributed by atoms with van der Waals surface area (Å²) in [5, 5.41) is 6.31. The molecule has 1 aliphatic rings. The average molecular weight is 357 g/mol. The Hall–Kier alpha value is -2.21. The zero-order chi connectivity index (χ0) is 17.8. The molecule has 6 heteroatoms. The van der Waals surface area contributed by atoms with Crippen molar-refractivity contribution >= 4 is 34.0 Å². The van der Waals surface area contributed by atoms with Crippen LogP contribution in [0, 0.1) is 19.8 Å². The van der Waals surface area contributed by atoms with Crippen molar-refractivity contribution in [3.8, 4) is 0 Å². The maximum Gasteiger partial charge on any atom is 0.267 e. The second-order valence-corrected chi connectivity index (χ2v) is 7.53. The van der Waals surface area contributed by atoms with Gasteiger partial charge in [-0.3, -0.25) is 9.59 Å². The zero-order valence-corrected chi connectivity index (χ0v) is 15.4. The van der Waals surface area contributed by atoms with E-state index in [-0.39, 0.29) is 17.7 Å². The van der Waals surface area contributed by atoms with E-state index in [2.05, 4.69) is 15.6 Å². The number of anilines is 2. The first-order valence-corrected chi connectivity index (χ1v) is 9.51. The fraction of sp³-hybridized carbons (Fsp3) is 0.421. The molecule has 1 heterocycles. The molecule has 0 atom stereocenters. The number of amides is 2. The lowest BCUT2D eigenvalue weighted by Gasteiger charge is -2.19. The topological polar surface area (TPSA) is 71.1 Å². The van der Waals surface area contributed by atoms with Crippen LogP contribution in [0.3, 0.4) is 0 Å². The van der Waals surface area contributed by atoms with Crippen LogP contribution < -0.4 is 10.6 Å². The number of benzene rings is 1. The maximum atomic E-state index is 12.5. The molecular formula is C19H23N3O2S. The number of carbonyl (C=O) groups is 2. The number of para-hydroxylation sites is 1. The standard InChI is InChI=1S/C19H23N3O2S/c1-12-8-6-7-11-15(12)21-18(24)16-13(2)20-19(25-16)22-17(23)14-9-4-3-5-10-14/h6-8,11,14H,3-5,9-10H2,1-2H3,(H,21,24)(H,20,22,23). The Morgan fingerprint density at radius 2 is 1.80 bits per heavy atom. The molecule has 132 valence electrons. The monoisotopic (exact) mass is 357 g/mol. The third-order valence-electron chi connectivity index (χ3n) is 4.60. The molecule has 1 aromatic carbocycles. The van der Waals surface area contributed by atoms with E-state index >= 15 is 0 Å². The molecule has 0 saturated heterocycles. The van der Waals surface area contributed by atoms with Gasteiger partial charge in [0.25, 0.3) is 5.91 Å². The van der Waals surface area contributed by atoms with Crippen LogP contribution in [0.2, 0.25) is 0 Å². The number of hydrogen-bond donors (Lipinski definition) is 2. The van der Waals surface area contributed by atoms with Crippen molar-refractivity contribution in [2.45, 2.75) is 46.0 Å². The minimum atomic E-state index is -0.192. The second-order valence-electron chi connectivity index (χ2n) is 6.53. The van der Waals surface area contributed by atoms with Crippen LogP contribution in [0.15, 0.2) is 24.3 Å². The predicted molar refractivity (Wildman–Crippen MR) is 101 cm³/mol. The van der Waals surface area contributed by atoms with Crippen LogP contribution in [0.25, 0.3) is 0 Å². The van der Waals surface area contributed by atoms with Crippen molar-refractivity contribution in [2.24, 2.45) is 5.92 Å². The number of rotatable bonds is 4. The van der Waals surface area contributed by atoms with Crippen LogP contribution in [0.1, 0.15) is 53.0 Å². The summed E-state index contributed by atoms with van der Waals surface area (Å²) in [6.45, 7) is 3.74. The minimum absolute atomic E-state index is 0.0271. The van der Waals surface area contributed by atoms with Gasteiger partial charge in [0.1, 0.15) is 4.88 Å². The van der Waals surface area contributed by atoms with E-state index in [4.69, 9.17) is 0 Å². The maximum absolute atomic E-state index is 12.5. The van der Waals surface area contributed by atoms with Gasteiger partial charge in [0.05, 0.1) is 5.69 Å². The smallest absolute Gasteiger partial charge is 0.267 e. The van der Waals surface area contributed by atoms with Gasteiger partial charge in [0.15, 0.2) is 5.13 Å². The zero-order valence-electron chi connectivity index (χ0n) is 14.6. The summed E-state index contributed by atoms with van der Waals surface area (Å²) in [7, 11) is 0. The van der Waals surface area contributed by atoms with Crippen molar-refractivity contribution in [2.75, 3.05) is 10.6 Å². The highest BCUT2D eigenvalue weighted by atomic mass is 32.1. The van der Waals surface area contributed by atoms with Gasteiger partial charge >= 0.3 is 0 Å². The molecule has 1 fully saturated rings. The van der Waals surface area contributed by atoms with E-state index in [1.807, 2.05) is 31.2 Å². The highest BCUT2D eigenvalue weighted by molar-refractivity contribution is 7.17. The van der Waals surface area contributed by atoms with E-state index in [1.165, 1.54) is 17.8 Å². The molecule has 2 N–H and O–H groups in total. The van der Waals surface area contributed by atoms with Crippen molar-refractivity contribution < 1.29 is 9.59 Å². The predicted octanol–water partition coefficient (Wildman–Crippen LogP) is 4.53. The molecule has 0 radical (unpaired) electrons. The van der Waals surface area contributed by atoms with Gasteiger partial charge in [-0.2, -0.15) is 0 Å². The Labute approximate surface area is 151 Å². The molecular weight excluding hydrogens is 334 g/mol. The third-order valence-corrected chi connectivity index (χ3v) is 5.67. The summed E-state index contributed by atoms with van der Waals surface area (Å²) in [6.07, 6.45) is 5.31. The van der Waals surface area contributed by atoms with Gasteiger partial charge in [-0.15, -0.1) is 0 Å². The van der Waals surface area contributed by atoms with Crippen molar-refractivity contribution in [3.05, 3.63) is 40.4 Å². The molecule has 1 aromatic heterocycles. The Morgan fingerprint density at radius 3 is 2.52 bits per heavy atom. The van der Waals surface area contributed by atoms with E-state index < -0.39 is 0 Å². The summed E-state index contributed by atoms with van der Waals surface area (Å²) < 4.78 is 0. The van der Waals surface area contributed by atoms with E-state index in [9.17, 15) is 9.59 Å². The molecule has 1 aliphatic carbocycles. The molecule has 1 saturated carbocycles. The van der Waals surface area contributed by atoms with E-state index in [1.54, 1.807) is 6.92 Å². The Balaban J connectivity index is 1.68. The molecule has 0 bridgehead atoms. The Bertz CT molecular complexity index is 779. The summed E-state index contributed by atoms with van der Waals surface area (Å²) >= 11 is 1.23. The molecule has 2 aromatic rings. The van der Waals surface area contributed by atoms with Crippen LogP contribution in [0.5, 0.6) is 0 Å². The first-order valence-electron chi connectivity index (χ1n) is 8.70. The van der Waals surface area contributed by atoms with Gasteiger partial charge < -0.3 is 10.6 Å². The SMILES string of the molecule is Cc1ccccc1NC(=O)c1sc(NC(=O)C2CCCCC2)nc1C. The average Bonchev–Trinajstić information content (AvgIpc) is 2.98. The van der Waals surface area contributed by atoms with Gasteiger partial charge in [0.2, 0.25) is 5.91 Å². The van der Waals surface area contributed by atoms with Crippen LogP contribution >= 0.6 is 11.3 Å². The first kappa shape index (κ1) is 17.6. The number of hydrogen-bond acceptors (Lipinski definition) is 4. The number of nitrogens with zero attached hydrogens (tertiary/aromatic N) is 1. The molecule has 0 unspecified atom stereocenters. The lowest BCUT2D eigenvalue weighted by Crippen LogP contribution is -2.24. The summed E-state index contributed by atoms with van der Waals surface area (Å²) in [5.74, 6) is -0.0935. The normalized spacial score (nSPS) is 15.0. The summed E-state index contributed by atoms with van der Waals surface area (Å²) in [5.41, 5.74) is 2.42. The molecule has 0 aliphatic heterocycles. The number of nitrogens with one attached hydrogen (secondary N) is 2. The number of aryl methyl sites for hydroxylation is 2. The summed E-state index contributed by atoms with van der Waals surface area (Å²) in [4.78, 5) is 29.8. The molecule has 3 rings (SSSR count). The lowest BCUT2D eigenvalue weighted by molar-refractivity contribution is -0.120. The van der Waals surface area contributed by atoms with Gasteiger partial charge in [-0.1, -0.05) is 48.8 Å². The lowest BCUT2D eigenvalue weighted by atomic mass is 9.89. The van der Waals surface area contributed by atoms with Crippen LogP contribution in [-0.4, -0.2) is 16.8 Å². The number of carbonyl (C=O) groups excluding carboxylic acids is 2. The van der Waals surface area contributed by atoms with Crippen LogP contribution in [-0.2, 0) is 4.79 Å². The highest BCUT2D eigenvalue weighted by Crippen LogP contribution is 2.28. The Morgan fingerprint density at radius 1 is 1.08 bits per heavy atom. The van der Waals surface area contributed by atoms with Gasteiger partial charge in [-0.25, -0.2) is 4.98 Å². The Kier molecular flexibility index (Phi) is 5.48. The molecule has 25 heavy (non-hydrogen) atoms. The highest BCUT2D eigenvalue weighted by Gasteiger charge is 2.23. The third kappa shape index (κ3) is 4.25. The van der Waals surface area contributed by atoms with Crippen molar-refractivity contribution in [3.63, 3.8) is 0 Å². The largest absolute Gasteiger partial charge is 0.321 e. The number of aromatic nitrogens is 1. The second kappa shape index (κ2) is 7.78. The first-order chi connectivity index (χ1) is 12.0. The van der Waals surface area contributed by atoms with Crippen molar-refractivity contribution in [1.29, 1.82) is 0 Å². The van der Waals surface area contributed by atoms with Gasteiger partial charge in [0, 0.05) is 11.6 Å². The molecule has 0 spiro atoms. The molecule has 2 amide bonds. The number of thiazole rings is 1. The fourth-order valence-electron chi connectivity index (χ4n) is 3.13. The van der Waals surface area contributed by atoms with E-state index in [0.717, 1.165) is 36.9 Å². The van der Waals surface area contributed by atoms with E-state index in [0.29, 0.717) is 15.7 Å². The van der Waals surface area contributed by atoms with Crippen molar-refractivity contribution in [1.82, 2.24) is 4.98 Å². The fourth-order valence-corrected chi connectivity index (χ4v) is 3.99. The molecule has 5 nitrogen and oxygen atoms in total. The van der Waals surface area contributed by atoms with Crippen LogP contribution in [0.4, 0.5) is 10.8 Å². The minimum Gasteiger partial charge on any atom is -0.321 e.